The van der Waals surface area contributed by atoms with Crippen molar-refractivity contribution in [2.75, 3.05) is 46.9 Å². The van der Waals surface area contributed by atoms with Gasteiger partial charge in [-0.2, -0.15) is 0 Å². The Kier molecular flexibility index (Phi) is 12.3. The van der Waals surface area contributed by atoms with Gasteiger partial charge in [0.25, 0.3) is 0 Å². The van der Waals surface area contributed by atoms with Crippen LogP contribution in [0.3, 0.4) is 0 Å². The summed E-state index contributed by atoms with van der Waals surface area (Å²) in [5.74, 6) is 3.17. The lowest BCUT2D eigenvalue weighted by Gasteiger charge is -2.30. The minimum Gasteiger partial charge on any atom is -0.493 e. The molecule has 1 unspecified atom stereocenters. The summed E-state index contributed by atoms with van der Waals surface area (Å²) in [5, 5.41) is 6.77. The van der Waals surface area contributed by atoms with Crippen molar-refractivity contribution in [1.29, 1.82) is 0 Å². The molecule has 0 spiro atoms. The minimum absolute atomic E-state index is 0. The lowest BCUT2D eigenvalue weighted by atomic mass is 10.0. The van der Waals surface area contributed by atoms with E-state index in [-0.39, 0.29) is 24.0 Å². The topological polar surface area (TPSA) is 58.1 Å². The van der Waals surface area contributed by atoms with E-state index in [4.69, 9.17) is 14.5 Å². The van der Waals surface area contributed by atoms with E-state index in [1.807, 2.05) is 18.2 Å². The molecule has 1 fully saturated rings. The molecule has 1 saturated heterocycles. The number of nitrogens with zero attached hydrogens (tertiary/aromatic N) is 2. The minimum atomic E-state index is 0. The number of aliphatic imine (C=N–C) groups is 1. The van der Waals surface area contributed by atoms with Gasteiger partial charge in [0.05, 0.1) is 20.8 Å². The third-order valence-corrected chi connectivity index (χ3v) is 4.90. The zero-order valence-corrected chi connectivity index (χ0v) is 20.1. The number of benzene rings is 1. The third kappa shape index (κ3) is 8.43. The maximum absolute atomic E-state index is 5.37. The Morgan fingerprint density at radius 1 is 1.21 bits per heavy atom. The highest BCUT2D eigenvalue weighted by atomic mass is 127. The van der Waals surface area contributed by atoms with Gasteiger partial charge in [-0.3, -0.25) is 0 Å². The molecule has 1 aliphatic heterocycles. The first-order chi connectivity index (χ1) is 13.2. The van der Waals surface area contributed by atoms with Crippen molar-refractivity contribution < 1.29 is 9.47 Å². The Balaban J connectivity index is 0.00000392. The predicted molar refractivity (Wildman–Crippen MR) is 127 cm³/mol. The molecule has 0 aliphatic carbocycles. The molecule has 0 bridgehead atoms. The van der Waals surface area contributed by atoms with Gasteiger partial charge in [-0.25, -0.2) is 4.99 Å². The van der Waals surface area contributed by atoms with E-state index >= 15 is 0 Å². The summed E-state index contributed by atoms with van der Waals surface area (Å²) in [6, 6.07) is 5.92. The number of halogens is 1. The number of guanidine groups is 1. The molecular formula is C21H37IN4O2. The van der Waals surface area contributed by atoms with E-state index in [1.165, 1.54) is 25.9 Å². The van der Waals surface area contributed by atoms with E-state index in [9.17, 15) is 0 Å². The number of methoxy groups -OCH3 is 2. The van der Waals surface area contributed by atoms with E-state index in [1.54, 1.807) is 14.2 Å². The van der Waals surface area contributed by atoms with Gasteiger partial charge < -0.3 is 25.0 Å². The summed E-state index contributed by atoms with van der Waals surface area (Å²) in [4.78, 5) is 7.28. The molecule has 2 rings (SSSR count). The standard InChI is InChI=1S/C21H36N4O2.HI/c1-5-22-21(23-11-7-13-25-12-6-8-17(2)16-25)24-15-18-9-10-19(26-3)20(14-18)27-4;/h9-10,14,17H,5-8,11-13,15-16H2,1-4H3,(H2,22,23,24);1H. The molecule has 160 valence electrons. The second-order valence-corrected chi connectivity index (χ2v) is 7.21. The Morgan fingerprint density at radius 3 is 2.68 bits per heavy atom. The molecule has 28 heavy (non-hydrogen) atoms. The van der Waals surface area contributed by atoms with E-state index in [2.05, 4.69) is 29.4 Å². The van der Waals surface area contributed by atoms with Crippen molar-refractivity contribution in [2.24, 2.45) is 10.9 Å². The van der Waals surface area contributed by atoms with Crippen LogP contribution in [-0.4, -0.2) is 57.8 Å². The summed E-state index contributed by atoms with van der Waals surface area (Å²) >= 11 is 0. The highest BCUT2D eigenvalue weighted by Gasteiger charge is 2.15. The molecule has 6 nitrogen and oxygen atoms in total. The average molecular weight is 504 g/mol. The highest BCUT2D eigenvalue weighted by Crippen LogP contribution is 2.27. The van der Waals surface area contributed by atoms with Gasteiger partial charge in [-0.15, -0.1) is 24.0 Å². The van der Waals surface area contributed by atoms with Gasteiger partial charge in [-0.05, 0) is 62.9 Å². The van der Waals surface area contributed by atoms with E-state index < -0.39 is 0 Å². The molecule has 2 N–H and O–H groups in total. The fourth-order valence-corrected chi connectivity index (χ4v) is 3.49. The van der Waals surface area contributed by atoms with Crippen LogP contribution in [0.15, 0.2) is 23.2 Å². The molecule has 1 aliphatic rings. The number of likely N-dealkylation sites (tertiary alicyclic amines) is 1. The molecule has 7 heteroatoms. The molecular weight excluding hydrogens is 467 g/mol. The summed E-state index contributed by atoms with van der Waals surface area (Å²) < 4.78 is 10.7. The third-order valence-electron chi connectivity index (χ3n) is 4.90. The second-order valence-electron chi connectivity index (χ2n) is 7.21. The number of ether oxygens (including phenoxy) is 2. The molecule has 1 atom stereocenters. The first-order valence-electron chi connectivity index (χ1n) is 10.1. The van der Waals surface area contributed by atoms with Crippen molar-refractivity contribution >= 4 is 29.9 Å². The Bertz CT molecular complexity index is 598. The molecule has 1 aromatic rings. The quantitative estimate of drug-likeness (QED) is 0.234. The second kappa shape index (κ2) is 13.9. The molecule has 0 saturated carbocycles. The van der Waals surface area contributed by atoms with Crippen LogP contribution in [0.1, 0.15) is 38.7 Å². The first-order valence-corrected chi connectivity index (χ1v) is 10.1. The van der Waals surface area contributed by atoms with Crippen molar-refractivity contribution in [3.8, 4) is 11.5 Å². The van der Waals surface area contributed by atoms with Gasteiger partial charge in [0.15, 0.2) is 17.5 Å². The van der Waals surface area contributed by atoms with Crippen LogP contribution in [0.2, 0.25) is 0 Å². The van der Waals surface area contributed by atoms with Gasteiger partial charge in [-0.1, -0.05) is 13.0 Å². The molecule has 0 aromatic heterocycles. The summed E-state index contributed by atoms with van der Waals surface area (Å²) in [6.45, 7) is 10.5. The van der Waals surface area contributed by atoms with E-state index in [0.717, 1.165) is 55.0 Å². The Hall–Kier alpha value is -1.22. The van der Waals surface area contributed by atoms with Gasteiger partial charge >= 0.3 is 0 Å². The average Bonchev–Trinajstić information content (AvgIpc) is 2.69. The number of hydrogen-bond acceptors (Lipinski definition) is 4. The number of rotatable bonds is 9. The van der Waals surface area contributed by atoms with Crippen molar-refractivity contribution in [2.45, 2.75) is 39.7 Å². The first kappa shape index (κ1) is 24.8. The highest BCUT2D eigenvalue weighted by molar-refractivity contribution is 14.0. The van der Waals surface area contributed by atoms with Crippen LogP contribution in [0.5, 0.6) is 11.5 Å². The maximum atomic E-state index is 5.37. The lowest BCUT2D eigenvalue weighted by Crippen LogP contribution is -2.40. The van der Waals surface area contributed by atoms with Crippen LogP contribution >= 0.6 is 24.0 Å². The van der Waals surface area contributed by atoms with Crippen molar-refractivity contribution in [3.05, 3.63) is 23.8 Å². The molecule has 1 aromatic carbocycles. The fraction of sp³-hybridized carbons (Fsp3) is 0.667. The van der Waals surface area contributed by atoms with Crippen LogP contribution in [-0.2, 0) is 6.54 Å². The molecule has 0 radical (unpaired) electrons. The molecule has 1 heterocycles. The molecule has 0 amide bonds. The largest absolute Gasteiger partial charge is 0.493 e. The zero-order valence-electron chi connectivity index (χ0n) is 17.8. The van der Waals surface area contributed by atoms with Gasteiger partial charge in [0.1, 0.15) is 0 Å². The van der Waals surface area contributed by atoms with Crippen LogP contribution in [0, 0.1) is 5.92 Å². The Morgan fingerprint density at radius 2 is 2.00 bits per heavy atom. The fourth-order valence-electron chi connectivity index (χ4n) is 3.49. The SMILES string of the molecule is CCNC(=NCc1ccc(OC)c(OC)c1)NCCCN1CCCC(C)C1.I. The van der Waals surface area contributed by atoms with Crippen LogP contribution in [0.4, 0.5) is 0 Å². The summed E-state index contributed by atoms with van der Waals surface area (Å²) in [7, 11) is 3.30. The van der Waals surface area contributed by atoms with Crippen LogP contribution < -0.4 is 20.1 Å². The monoisotopic (exact) mass is 504 g/mol. The van der Waals surface area contributed by atoms with Gasteiger partial charge in [0.2, 0.25) is 0 Å². The predicted octanol–water partition coefficient (Wildman–Crippen LogP) is 3.50. The smallest absolute Gasteiger partial charge is 0.191 e. The number of hydrogen-bond donors (Lipinski definition) is 2. The Labute approximate surface area is 187 Å². The maximum Gasteiger partial charge on any atom is 0.191 e. The zero-order chi connectivity index (χ0) is 19.5. The number of nitrogens with one attached hydrogen (secondary N) is 2. The van der Waals surface area contributed by atoms with Crippen molar-refractivity contribution in [3.63, 3.8) is 0 Å². The van der Waals surface area contributed by atoms with Crippen molar-refractivity contribution in [1.82, 2.24) is 15.5 Å². The normalized spacial score (nSPS) is 17.6. The number of piperidine rings is 1. The van der Waals surface area contributed by atoms with Gasteiger partial charge in [0, 0.05) is 19.6 Å². The lowest BCUT2D eigenvalue weighted by molar-refractivity contribution is 0.182. The summed E-state index contributed by atoms with van der Waals surface area (Å²) in [5.41, 5.74) is 1.09. The summed E-state index contributed by atoms with van der Waals surface area (Å²) in [6.07, 6.45) is 3.85. The van der Waals surface area contributed by atoms with E-state index in [0.29, 0.717) is 6.54 Å². The van der Waals surface area contributed by atoms with Crippen LogP contribution in [0.25, 0.3) is 0 Å².